The number of nitrogens with one attached hydrogen (secondary N) is 2. The molecule has 8 heteroatoms. The largest absolute Gasteiger partial charge is 0.356 e. The van der Waals surface area contributed by atoms with Crippen LogP contribution < -0.4 is 10.6 Å². The Kier molecular flexibility index (Phi) is 6.84. The third-order valence-corrected chi connectivity index (χ3v) is 5.37. The van der Waals surface area contributed by atoms with Crippen molar-refractivity contribution in [2.45, 2.75) is 26.3 Å². The van der Waals surface area contributed by atoms with Gasteiger partial charge in [0.2, 0.25) is 11.7 Å². The van der Waals surface area contributed by atoms with Crippen LogP contribution in [0.4, 0.5) is 0 Å². The number of thiophene rings is 1. The number of guanidine groups is 1. The van der Waals surface area contributed by atoms with Gasteiger partial charge in [-0.05, 0) is 30.7 Å². The van der Waals surface area contributed by atoms with Gasteiger partial charge in [0.15, 0.2) is 5.96 Å². The van der Waals surface area contributed by atoms with E-state index in [2.05, 4.69) is 44.8 Å². The van der Waals surface area contributed by atoms with E-state index in [4.69, 9.17) is 16.1 Å². The number of aliphatic imine (C=N–C) groups is 1. The van der Waals surface area contributed by atoms with Gasteiger partial charge in [0.1, 0.15) is 0 Å². The first-order chi connectivity index (χ1) is 13.2. The van der Waals surface area contributed by atoms with Crippen molar-refractivity contribution in [3.63, 3.8) is 0 Å². The Morgan fingerprint density at radius 2 is 2.07 bits per heavy atom. The highest BCUT2D eigenvalue weighted by molar-refractivity contribution is 7.11. The molecule has 0 radical (unpaired) electrons. The van der Waals surface area contributed by atoms with Crippen molar-refractivity contribution in [2.24, 2.45) is 4.99 Å². The predicted molar refractivity (Wildman–Crippen MR) is 110 cm³/mol. The van der Waals surface area contributed by atoms with Crippen LogP contribution in [-0.2, 0) is 19.4 Å². The van der Waals surface area contributed by atoms with E-state index in [0.29, 0.717) is 29.7 Å². The monoisotopic (exact) mass is 403 g/mol. The SMILES string of the molecule is CCc1ccc(CNC(=NC)NCCc2nc(-c3cccc(Cl)c3)no2)s1. The van der Waals surface area contributed by atoms with Gasteiger partial charge >= 0.3 is 0 Å². The van der Waals surface area contributed by atoms with Gasteiger partial charge in [0.05, 0.1) is 6.54 Å². The molecule has 0 bridgehead atoms. The van der Waals surface area contributed by atoms with Crippen molar-refractivity contribution < 1.29 is 4.52 Å². The van der Waals surface area contributed by atoms with Gasteiger partial charge in [-0.3, -0.25) is 4.99 Å². The van der Waals surface area contributed by atoms with Crippen molar-refractivity contribution in [3.05, 3.63) is 57.1 Å². The second-order valence-corrected chi connectivity index (χ2v) is 7.54. The topological polar surface area (TPSA) is 75.3 Å². The van der Waals surface area contributed by atoms with Crippen molar-refractivity contribution in [2.75, 3.05) is 13.6 Å². The van der Waals surface area contributed by atoms with Gasteiger partial charge in [-0.1, -0.05) is 35.8 Å². The van der Waals surface area contributed by atoms with Gasteiger partial charge in [0, 0.05) is 40.4 Å². The fourth-order valence-electron chi connectivity index (χ4n) is 2.49. The highest BCUT2D eigenvalue weighted by atomic mass is 35.5. The molecule has 2 aromatic heterocycles. The van der Waals surface area contributed by atoms with Crippen molar-refractivity contribution in [1.29, 1.82) is 0 Å². The van der Waals surface area contributed by atoms with Crippen LogP contribution in [0.3, 0.4) is 0 Å². The molecule has 3 rings (SSSR count). The first-order valence-corrected chi connectivity index (χ1v) is 9.98. The van der Waals surface area contributed by atoms with E-state index < -0.39 is 0 Å². The van der Waals surface area contributed by atoms with Gasteiger partial charge in [-0.15, -0.1) is 11.3 Å². The van der Waals surface area contributed by atoms with Crippen LogP contribution >= 0.6 is 22.9 Å². The zero-order valence-electron chi connectivity index (χ0n) is 15.3. The highest BCUT2D eigenvalue weighted by Crippen LogP contribution is 2.20. The van der Waals surface area contributed by atoms with Crippen molar-refractivity contribution >= 4 is 28.9 Å². The molecule has 2 N–H and O–H groups in total. The van der Waals surface area contributed by atoms with E-state index in [1.165, 1.54) is 9.75 Å². The fourth-order valence-corrected chi connectivity index (χ4v) is 3.58. The lowest BCUT2D eigenvalue weighted by Crippen LogP contribution is -2.37. The summed E-state index contributed by atoms with van der Waals surface area (Å²) in [6.45, 7) is 3.56. The number of rotatable bonds is 7. The summed E-state index contributed by atoms with van der Waals surface area (Å²) in [6.07, 6.45) is 1.67. The van der Waals surface area contributed by atoms with Gasteiger partial charge in [-0.2, -0.15) is 4.98 Å². The molecule has 3 aromatic rings. The number of aromatic nitrogens is 2. The average Bonchev–Trinajstić information content (AvgIpc) is 3.34. The van der Waals surface area contributed by atoms with Gasteiger partial charge in [-0.25, -0.2) is 0 Å². The third kappa shape index (κ3) is 5.55. The Labute approximate surface area is 167 Å². The molecular formula is C19H22ClN5OS. The normalized spacial score (nSPS) is 11.6. The van der Waals surface area contributed by atoms with Crippen molar-refractivity contribution in [1.82, 2.24) is 20.8 Å². The predicted octanol–water partition coefficient (Wildman–Crippen LogP) is 3.92. The molecular weight excluding hydrogens is 382 g/mol. The lowest BCUT2D eigenvalue weighted by atomic mass is 10.2. The van der Waals surface area contributed by atoms with Gasteiger partial charge in [0.25, 0.3) is 0 Å². The maximum absolute atomic E-state index is 6.00. The van der Waals surface area contributed by atoms with E-state index in [-0.39, 0.29) is 0 Å². The Bertz CT molecular complexity index is 905. The molecule has 1 aromatic carbocycles. The number of aryl methyl sites for hydroxylation is 1. The minimum atomic E-state index is 0.541. The molecule has 0 aliphatic rings. The molecule has 27 heavy (non-hydrogen) atoms. The molecule has 0 spiro atoms. The summed E-state index contributed by atoms with van der Waals surface area (Å²) in [7, 11) is 1.76. The second-order valence-electron chi connectivity index (χ2n) is 5.85. The summed E-state index contributed by atoms with van der Waals surface area (Å²) in [5.41, 5.74) is 0.838. The minimum Gasteiger partial charge on any atom is -0.356 e. The first kappa shape index (κ1) is 19.4. The highest BCUT2D eigenvalue weighted by Gasteiger charge is 2.09. The summed E-state index contributed by atoms with van der Waals surface area (Å²) in [6, 6.07) is 11.7. The molecule has 0 fully saturated rings. The van der Waals surface area contributed by atoms with Crippen LogP contribution in [0.2, 0.25) is 5.02 Å². The molecule has 0 saturated carbocycles. The Hall–Kier alpha value is -2.38. The Balaban J connectivity index is 1.47. The number of hydrogen-bond donors (Lipinski definition) is 2. The second kappa shape index (κ2) is 9.53. The lowest BCUT2D eigenvalue weighted by Gasteiger charge is -2.10. The number of hydrogen-bond acceptors (Lipinski definition) is 5. The lowest BCUT2D eigenvalue weighted by molar-refractivity contribution is 0.378. The van der Waals surface area contributed by atoms with Gasteiger partial charge < -0.3 is 15.2 Å². The zero-order valence-corrected chi connectivity index (χ0v) is 16.9. The molecule has 0 saturated heterocycles. The van der Waals surface area contributed by atoms with E-state index in [1.54, 1.807) is 7.05 Å². The smallest absolute Gasteiger partial charge is 0.228 e. The molecule has 0 aliphatic heterocycles. The molecule has 142 valence electrons. The Morgan fingerprint density at radius 3 is 2.81 bits per heavy atom. The van der Waals surface area contributed by atoms with Crippen LogP contribution in [-0.4, -0.2) is 29.7 Å². The number of benzene rings is 1. The minimum absolute atomic E-state index is 0.541. The molecule has 2 heterocycles. The van der Waals surface area contributed by atoms with Crippen LogP contribution in [0.5, 0.6) is 0 Å². The van der Waals surface area contributed by atoms with Crippen LogP contribution in [0.1, 0.15) is 22.6 Å². The zero-order chi connectivity index (χ0) is 19.1. The molecule has 0 unspecified atom stereocenters. The average molecular weight is 404 g/mol. The summed E-state index contributed by atoms with van der Waals surface area (Å²) in [4.78, 5) is 11.3. The summed E-state index contributed by atoms with van der Waals surface area (Å²) in [5.74, 6) is 1.86. The van der Waals surface area contributed by atoms with Crippen LogP contribution in [0.25, 0.3) is 11.4 Å². The quantitative estimate of drug-likeness (QED) is 0.462. The summed E-state index contributed by atoms with van der Waals surface area (Å²) >= 11 is 7.82. The molecule has 0 amide bonds. The summed E-state index contributed by atoms with van der Waals surface area (Å²) < 4.78 is 5.32. The number of halogens is 1. The number of nitrogens with zero attached hydrogens (tertiary/aromatic N) is 3. The molecule has 6 nitrogen and oxygen atoms in total. The third-order valence-electron chi connectivity index (χ3n) is 3.90. The van der Waals surface area contributed by atoms with E-state index >= 15 is 0 Å². The summed E-state index contributed by atoms with van der Waals surface area (Å²) in [5, 5.41) is 11.2. The fraction of sp³-hybridized carbons (Fsp3) is 0.316. The standard InChI is InChI=1S/C19H22ClN5OS/c1-3-15-7-8-16(27-15)12-23-19(21-2)22-10-9-17-24-18(25-26-17)13-5-4-6-14(20)11-13/h4-8,11H,3,9-10,12H2,1-2H3,(H2,21,22,23). The molecule has 0 atom stereocenters. The van der Waals surface area contributed by atoms with Crippen molar-refractivity contribution in [3.8, 4) is 11.4 Å². The van der Waals surface area contributed by atoms with E-state index in [9.17, 15) is 0 Å². The van der Waals surface area contributed by atoms with Crippen LogP contribution in [0, 0.1) is 0 Å². The van der Waals surface area contributed by atoms with E-state index in [0.717, 1.165) is 24.5 Å². The van der Waals surface area contributed by atoms with E-state index in [1.807, 2.05) is 35.6 Å². The first-order valence-electron chi connectivity index (χ1n) is 8.78. The molecule has 0 aliphatic carbocycles. The Morgan fingerprint density at radius 1 is 1.22 bits per heavy atom. The maximum atomic E-state index is 6.00. The maximum Gasteiger partial charge on any atom is 0.228 e. The van der Waals surface area contributed by atoms with Crippen LogP contribution in [0.15, 0.2) is 45.9 Å².